The smallest absolute Gasteiger partial charge is 0.247 e. The first kappa shape index (κ1) is 23.8. The number of hydrogen-bond donors (Lipinski definition) is 2. The van der Waals surface area contributed by atoms with Crippen molar-refractivity contribution in [3.8, 4) is 0 Å². The number of nitrogen functional groups attached to an aromatic ring is 1. The molecule has 0 bridgehead atoms. The van der Waals surface area contributed by atoms with E-state index >= 15 is 0 Å². The largest absolute Gasteiger partial charge is 0.368 e. The summed E-state index contributed by atoms with van der Waals surface area (Å²) >= 11 is 1.48. The normalized spacial score (nSPS) is 12.6. The standard InChI is InChI=1S/C21H26N6O3S2/c1-15(19(28)23-17-9-11-18(12-10-17)32(29,30)26(2)3)27-20(22)24-25-21(27)31-14-13-16-7-5-4-6-8-16/h4-12,15H,13-14H2,1-3H3,(H2,22,24)(H,23,28). The maximum Gasteiger partial charge on any atom is 0.247 e. The van der Waals surface area contributed by atoms with Crippen molar-refractivity contribution in [2.45, 2.75) is 29.4 Å². The molecule has 1 heterocycles. The van der Waals surface area contributed by atoms with Gasteiger partial charge in [0, 0.05) is 25.5 Å². The Morgan fingerprint density at radius 1 is 1.12 bits per heavy atom. The Hall–Kier alpha value is -2.89. The van der Waals surface area contributed by atoms with E-state index in [1.54, 1.807) is 23.6 Å². The van der Waals surface area contributed by atoms with Crippen molar-refractivity contribution in [2.75, 3.05) is 30.9 Å². The number of nitrogens with two attached hydrogens (primary N) is 1. The highest BCUT2D eigenvalue weighted by atomic mass is 32.2. The van der Waals surface area contributed by atoms with E-state index in [2.05, 4.69) is 27.6 Å². The number of aromatic nitrogens is 3. The van der Waals surface area contributed by atoms with E-state index in [0.717, 1.165) is 16.5 Å². The van der Waals surface area contributed by atoms with Gasteiger partial charge in [-0.2, -0.15) is 0 Å². The third-order valence-electron chi connectivity index (χ3n) is 4.82. The molecule has 0 fully saturated rings. The average Bonchev–Trinajstić information content (AvgIpc) is 3.14. The number of aryl methyl sites for hydroxylation is 1. The van der Waals surface area contributed by atoms with E-state index in [-0.39, 0.29) is 16.8 Å². The molecule has 0 saturated heterocycles. The Bertz CT molecular complexity index is 1160. The average molecular weight is 475 g/mol. The van der Waals surface area contributed by atoms with Gasteiger partial charge in [-0.15, -0.1) is 10.2 Å². The molecule has 0 saturated carbocycles. The van der Waals surface area contributed by atoms with E-state index in [4.69, 9.17) is 5.73 Å². The van der Waals surface area contributed by atoms with Crippen molar-refractivity contribution < 1.29 is 13.2 Å². The van der Waals surface area contributed by atoms with Gasteiger partial charge in [0.2, 0.25) is 21.9 Å². The molecule has 1 amide bonds. The summed E-state index contributed by atoms with van der Waals surface area (Å²) in [6, 6.07) is 15.4. The zero-order valence-electron chi connectivity index (χ0n) is 18.1. The molecule has 0 aliphatic carbocycles. The summed E-state index contributed by atoms with van der Waals surface area (Å²) in [5.41, 5.74) is 7.67. The lowest BCUT2D eigenvalue weighted by atomic mass is 10.2. The number of hydrogen-bond acceptors (Lipinski definition) is 7. The van der Waals surface area contributed by atoms with E-state index in [1.807, 2.05) is 18.2 Å². The van der Waals surface area contributed by atoms with E-state index in [0.29, 0.717) is 10.8 Å². The van der Waals surface area contributed by atoms with Gasteiger partial charge in [0.25, 0.3) is 0 Å². The maximum absolute atomic E-state index is 12.8. The topological polar surface area (TPSA) is 123 Å². The lowest BCUT2D eigenvalue weighted by molar-refractivity contribution is -0.118. The van der Waals surface area contributed by atoms with Crippen molar-refractivity contribution in [1.82, 2.24) is 19.1 Å². The van der Waals surface area contributed by atoms with Crippen LogP contribution in [-0.2, 0) is 21.2 Å². The molecule has 3 rings (SSSR count). The summed E-state index contributed by atoms with van der Waals surface area (Å²) < 4.78 is 27.1. The molecule has 32 heavy (non-hydrogen) atoms. The van der Waals surface area contributed by atoms with E-state index in [1.165, 1.54) is 43.6 Å². The fourth-order valence-electron chi connectivity index (χ4n) is 2.94. The van der Waals surface area contributed by atoms with Crippen LogP contribution in [-0.4, -0.2) is 53.2 Å². The van der Waals surface area contributed by atoms with Gasteiger partial charge in [0.1, 0.15) is 6.04 Å². The molecule has 1 atom stereocenters. The van der Waals surface area contributed by atoms with Gasteiger partial charge in [-0.25, -0.2) is 12.7 Å². The van der Waals surface area contributed by atoms with Gasteiger partial charge in [-0.05, 0) is 43.2 Å². The second-order valence-corrected chi connectivity index (χ2v) is 10.5. The van der Waals surface area contributed by atoms with E-state index in [9.17, 15) is 13.2 Å². The van der Waals surface area contributed by atoms with Gasteiger partial charge in [0.05, 0.1) is 4.90 Å². The predicted octanol–water partition coefficient (Wildman–Crippen LogP) is 2.65. The SMILES string of the molecule is CC(C(=O)Nc1ccc(S(=O)(=O)N(C)C)cc1)n1c(N)nnc1SCCc1ccccc1. The molecule has 0 aliphatic rings. The molecule has 1 aromatic heterocycles. The van der Waals surface area contributed by atoms with E-state index < -0.39 is 16.1 Å². The number of carbonyl (C=O) groups excluding carboxylic acids is 1. The zero-order chi connectivity index (χ0) is 23.3. The van der Waals surface area contributed by atoms with Crippen LogP contribution in [0.2, 0.25) is 0 Å². The minimum Gasteiger partial charge on any atom is -0.368 e. The molecule has 0 aliphatic heterocycles. The van der Waals surface area contributed by atoms with Gasteiger partial charge in [0.15, 0.2) is 5.16 Å². The summed E-state index contributed by atoms with van der Waals surface area (Å²) in [5.74, 6) is 0.602. The van der Waals surface area contributed by atoms with Crippen molar-refractivity contribution >= 4 is 39.3 Å². The van der Waals surface area contributed by atoms with Crippen LogP contribution in [0.3, 0.4) is 0 Å². The summed E-state index contributed by atoms with van der Waals surface area (Å²) in [6.07, 6.45) is 0.848. The molecular weight excluding hydrogens is 448 g/mol. The first-order chi connectivity index (χ1) is 15.2. The summed E-state index contributed by atoms with van der Waals surface area (Å²) in [7, 11) is -0.605. The molecule has 0 radical (unpaired) electrons. The number of rotatable bonds is 9. The molecule has 3 N–H and O–H groups in total. The third-order valence-corrected chi connectivity index (χ3v) is 7.60. The second-order valence-electron chi connectivity index (χ2n) is 7.27. The highest BCUT2D eigenvalue weighted by molar-refractivity contribution is 7.99. The monoisotopic (exact) mass is 474 g/mol. The molecule has 1 unspecified atom stereocenters. The Labute approximate surface area is 192 Å². The van der Waals surface area contributed by atoms with Gasteiger partial charge < -0.3 is 11.1 Å². The number of nitrogens with one attached hydrogen (secondary N) is 1. The zero-order valence-corrected chi connectivity index (χ0v) is 19.7. The summed E-state index contributed by atoms with van der Waals surface area (Å²) in [6.45, 7) is 1.71. The molecule has 0 spiro atoms. The van der Waals surface area contributed by atoms with Crippen molar-refractivity contribution in [3.63, 3.8) is 0 Å². The Morgan fingerprint density at radius 3 is 2.41 bits per heavy atom. The molecular formula is C21H26N6O3S2. The number of carbonyl (C=O) groups is 1. The van der Waals surface area contributed by atoms with Crippen molar-refractivity contribution in [3.05, 3.63) is 60.2 Å². The first-order valence-corrected chi connectivity index (χ1v) is 12.3. The fraction of sp³-hybridized carbons (Fsp3) is 0.286. The first-order valence-electron chi connectivity index (χ1n) is 9.90. The molecule has 9 nitrogen and oxygen atoms in total. The Kier molecular flexibility index (Phi) is 7.54. The molecule has 3 aromatic rings. The van der Waals surface area contributed by atoms with Crippen LogP contribution in [0.1, 0.15) is 18.5 Å². The van der Waals surface area contributed by atoms with Crippen LogP contribution in [0.5, 0.6) is 0 Å². The highest BCUT2D eigenvalue weighted by Gasteiger charge is 2.23. The number of nitrogens with zero attached hydrogens (tertiary/aromatic N) is 4. The molecule has 11 heteroatoms. The van der Waals surface area contributed by atoms with Crippen LogP contribution < -0.4 is 11.1 Å². The predicted molar refractivity (Wildman–Crippen MR) is 126 cm³/mol. The van der Waals surface area contributed by atoms with Crippen LogP contribution in [0.25, 0.3) is 0 Å². The van der Waals surface area contributed by atoms with Gasteiger partial charge in [-0.3, -0.25) is 9.36 Å². The fourth-order valence-corrected chi connectivity index (χ4v) is 4.85. The number of sulfonamides is 1. The number of benzene rings is 2. The van der Waals surface area contributed by atoms with Crippen LogP contribution >= 0.6 is 11.8 Å². The molecule has 170 valence electrons. The minimum atomic E-state index is -3.53. The quantitative estimate of drug-likeness (QED) is 0.457. The number of thioether (sulfide) groups is 1. The van der Waals surface area contributed by atoms with Crippen LogP contribution in [0, 0.1) is 0 Å². The molecule has 2 aromatic carbocycles. The third kappa shape index (κ3) is 5.47. The maximum atomic E-state index is 12.8. The lowest BCUT2D eigenvalue weighted by Gasteiger charge is -2.17. The highest BCUT2D eigenvalue weighted by Crippen LogP contribution is 2.25. The Balaban J connectivity index is 1.66. The van der Waals surface area contributed by atoms with Crippen molar-refractivity contribution in [1.29, 1.82) is 0 Å². The number of anilines is 2. The van der Waals surface area contributed by atoms with Gasteiger partial charge in [-0.1, -0.05) is 42.1 Å². The summed E-state index contributed by atoms with van der Waals surface area (Å²) in [5, 5.41) is 11.4. The van der Waals surface area contributed by atoms with Gasteiger partial charge >= 0.3 is 0 Å². The van der Waals surface area contributed by atoms with Crippen LogP contribution in [0.15, 0.2) is 64.6 Å². The lowest BCUT2D eigenvalue weighted by Crippen LogP contribution is -2.25. The Morgan fingerprint density at radius 2 is 1.78 bits per heavy atom. The van der Waals surface area contributed by atoms with Crippen LogP contribution in [0.4, 0.5) is 11.6 Å². The summed E-state index contributed by atoms with van der Waals surface area (Å²) in [4.78, 5) is 13.0. The minimum absolute atomic E-state index is 0.147. The number of amides is 1. The second kappa shape index (κ2) is 10.2. The van der Waals surface area contributed by atoms with Crippen molar-refractivity contribution in [2.24, 2.45) is 0 Å².